The number of H-pyrrole nitrogens is 1. The Balaban J connectivity index is 2.14. The van der Waals surface area contributed by atoms with Crippen LogP contribution in [0, 0.1) is 0 Å². The Hall–Kier alpha value is -1.57. The molecule has 0 aliphatic carbocycles. The highest BCUT2D eigenvalue weighted by molar-refractivity contribution is 9.10. The first kappa shape index (κ1) is 14.4. The molecule has 0 saturated carbocycles. The Morgan fingerprint density at radius 2 is 2.05 bits per heavy atom. The van der Waals surface area contributed by atoms with Crippen molar-refractivity contribution < 1.29 is 0 Å². The van der Waals surface area contributed by atoms with Gasteiger partial charge in [-0.15, -0.1) is 0 Å². The molecule has 0 spiro atoms. The number of imidazole rings is 1. The van der Waals surface area contributed by atoms with E-state index < -0.39 is 0 Å². The van der Waals surface area contributed by atoms with Crippen LogP contribution >= 0.6 is 39.1 Å². The smallest absolute Gasteiger partial charge is 0.280 e. The Bertz CT molecular complexity index is 905. The summed E-state index contributed by atoms with van der Waals surface area (Å²) in [6.45, 7) is 0.421. The van der Waals surface area contributed by atoms with Crippen molar-refractivity contribution in [3.05, 3.63) is 48.9 Å². The van der Waals surface area contributed by atoms with Gasteiger partial charge in [0.15, 0.2) is 15.9 Å². The topological polar surface area (TPSA) is 89.6 Å². The molecule has 0 atom stereocenters. The fourth-order valence-electron chi connectivity index (χ4n) is 1.96. The Labute approximate surface area is 137 Å². The van der Waals surface area contributed by atoms with Crippen molar-refractivity contribution >= 4 is 56.2 Å². The summed E-state index contributed by atoms with van der Waals surface area (Å²) < 4.78 is 2.20. The lowest BCUT2D eigenvalue weighted by Gasteiger charge is -2.07. The van der Waals surface area contributed by atoms with E-state index in [4.69, 9.17) is 28.9 Å². The number of nitrogens with two attached hydrogens (primary N) is 1. The molecule has 0 aliphatic rings. The maximum Gasteiger partial charge on any atom is 0.280 e. The second kappa shape index (κ2) is 5.32. The summed E-state index contributed by atoms with van der Waals surface area (Å²) in [7, 11) is 0. The summed E-state index contributed by atoms with van der Waals surface area (Å²) in [5.41, 5.74) is 6.70. The SMILES string of the molecule is Nc1nc2c(nc(Br)n2Cc2ccc(Cl)c(Cl)c2)c(=O)[nH]1. The van der Waals surface area contributed by atoms with E-state index in [1.54, 1.807) is 16.7 Å². The third-order valence-electron chi connectivity index (χ3n) is 2.90. The number of anilines is 1. The maximum absolute atomic E-state index is 11.8. The Morgan fingerprint density at radius 1 is 1.29 bits per heavy atom. The first-order chi connectivity index (χ1) is 9.95. The molecule has 3 aromatic rings. The summed E-state index contributed by atoms with van der Waals surface area (Å²) in [5.74, 6) is 0.0373. The number of hydrogen-bond donors (Lipinski definition) is 2. The van der Waals surface area contributed by atoms with Gasteiger partial charge in [0, 0.05) is 0 Å². The van der Waals surface area contributed by atoms with Crippen LogP contribution in [0.1, 0.15) is 5.56 Å². The van der Waals surface area contributed by atoms with Crippen LogP contribution in [0.15, 0.2) is 27.7 Å². The van der Waals surface area contributed by atoms with Gasteiger partial charge in [-0.1, -0.05) is 29.3 Å². The Morgan fingerprint density at radius 3 is 2.76 bits per heavy atom. The average Bonchev–Trinajstić information content (AvgIpc) is 2.72. The quantitative estimate of drug-likeness (QED) is 0.660. The lowest BCUT2D eigenvalue weighted by Crippen LogP contribution is -2.12. The van der Waals surface area contributed by atoms with E-state index in [-0.39, 0.29) is 17.0 Å². The largest absolute Gasteiger partial charge is 0.369 e. The van der Waals surface area contributed by atoms with Crippen LogP contribution in [0.25, 0.3) is 11.2 Å². The molecular weight excluding hydrogens is 381 g/mol. The molecule has 21 heavy (non-hydrogen) atoms. The van der Waals surface area contributed by atoms with Gasteiger partial charge < -0.3 is 5.73 Å². The van der Waals surface area contributed by atoms with Crippen LogP contribution < -0.4 is 11.3 Å². The molecule has 0 unspecified atom stereocenters. The molecule has 9 heteroatoms. The molecule has 6 nitrogen and oxygen atoms in total. The fraction of sp³-hybridized carbons (Fsp3) is 0.0833. The van der Waals surface area contributed by atoms with Crippen LogP contribution in [-0.2, 0) is 6.54 Å². The summed E-state index contributed by atoms with van der Waals surface area (Å²) in [4.78, 5) is 22.5. The van der Waals surface area contributed by atoms with Gasteiger partial charge in [-0.2, -0.15) is 4.98 Å². The van der Waals surface area contributed by atoms with Crippen molar-refractivity contribution in [1.29, 1.82) is 0 Å². The summed E-state index contributed by atoms with van der Waals surface area (Å²) >= 11 is 15.2. The summed E-state index contributed by atoms with van der Waals surface area (Å²) in [6, 6.07) is 5.29. The van der Waals surface area contributed by atoms with Gasteiger partial charge in [-0.3, -0.25) is 14.3 Å². The first-order valence-electron chi connectivity index (χ1n) is 5.81. The molecular formula is C12H8BrCl2N5O. The van der Waals surface area contributed by atoms with Crippen LogP contribution in [-0.4, -0.2) is 19.5 Å². The van der Waals surface area contributed by atoms with E-state index in [1.807, 2.05) is 6.07 Å². The van der Waals surface area contributed by atoms with Crippen molar-refractivity contribution in [3.8, 4) is 0 Å². The highest BCUT2D eigenvalue weighted by Crippen LogP contribution is 2.24. The second-order valence-electron chi connectivity index (χ2n) is 4.34. The van der Waals surface area contributed by atoms with Crippen molar-refractivity contribution in [1.82, 2.24) is 19.5 Å². The van der Waals surface area contributed by atoms with Crippen molar-refractivity contribution in [2.24, 2.45) is 0 Å². The molecule has 3 rings (SSSR count). The number of benzene rings is 1. The van der Waals surface area contributed by atoms with E-state index in [1.165, 1.54) is 0 Å². The zero-order valence-electron chi connectivity index (χ0n) is 10.4. The zero-order valence-corrected chi connectivity index (χ0v) is 13.5. The lowest BCUT2D eigenvalue weighted by atomic mass is 10.2. The molecule has 0 amide bonds. The van der Waals surface area contributed by atoms with Gasteiger partial charge in [0.1, 0.15) is 0 Å². The predicted molar refractivity (Wildman–Crippen MR) is 85.8 cm³/mol. The number of nitrogens with zero attached hydrogens (tertiary/aromatic N) is 3. The minimum Gasteiger partial charge on any atom is -0.369 e. The highest BCUT2D eigenvalue weighted by Gasteiger charge is 2.14. The number of nitrogen functional groups attached to an aromatic ring is 1. The monoisotopic (exact) mass is 387 g/mol. The van der Waals surface area contributed by atoms with Gasteiger partial charge in [0.05, 0.1) is 16.6 Å². The number of halogens is 3. The molecule has 0 bridgehead atoms. The normalized spacial score (nSPS) is 11.2. The molecule has 2 aromatic heterocycles. The fourth-order valence-corrected chi connectivity index (χ4v) is 2.75. The number of nitrogens with one attached hydrogen (secondary N) is 1. The number of aromatic amines is 1. The van der Waals surface area contributed by atoms with Gasteiger partial charge in [0.25, 0.3) is 5.56 Å². The number of rotatable bonds is 2. The van der Waals surface area contributed by atoms with Crippen LogP contribution in [0.2, 0.25) is 10.0 Å². The number of aromatic nitrogens is 4. The lowest BCUT2D eigenvalue weighted by molar-refractivity contribution is 0.791. The second-order valence-corrected chi connectivity index (χ2v) is 5.86. The molecule has 2 heterocycles. The van der Waals surface area contributed by atoms with Crippen molar-refractivity contribution in [2.75, 3.05) is 5.73 Å². The molecule has 3 N–H and O–H groups in total. The van der Waals surface area contributed by atoms with Crippen molar-refractivity contribution in [3.63, 3.8) is 0 Å². The zero-order chi connectivity index (χ0) is 15.1. The first-order valence-corrected chi connectivity index (χ1v) is 7.36. The van der Waals surface area contributed by atoms with E-state index in [0.717, 1.165) is 5.56 Å². The third-order valence-corrected chi connectivity index (χ3v) is 4.25. The minimum atomic E-state index is -0.383. The van der Waals surface area contributed by atoms with E-state index >= 15 is 0 Å². The average molecular weight is 389 g/mol. The van der Waals surface area contributed by atoms with Crippen LogP contribution in [0.5, 0.6) is 0 Å². The molecule has 0 fully saturated rings. The summed E-state index contributed by atoms with van der Waals surface area (Å²) in [6.07, 6.45) is 0. The predicted octanol–water partition coefficient (Wildman–Crippen LogP) is 2.82. The van der Waals surface area contributed by atoms with E-state index in [2.05, 4.69) is 30.9 Å². The van der Waals surface area contributed by atoms with E-state index in [9.17, 15) is 4.79 Å². The van der Waals surface area contributed by atoms with Gasteiger partial charge in [-0.25, -0.2) is 4.98 Å². The van der Waals surface area contributed by atoms with Gasteiger partial charge >= 0.3 is 0 Å². The summed E-state index contributed by atoms with van der Waals surface area (Å²) in [5, 5.41) is 0.939. The molecule has 1 aromatic carbocycles. The molecule has 108 valence electrons. The molecule has 0 saturated heterocycles. The van der Waals surface area contributed by atoms with Crippen LogP contribution in [0.3, 0.4) is 0 Å². The van der Waals surface area contributed by atoms with Crippen molar-refractivity contribution in [2.45, 2.75) is 6.54 Å². The minimum absolute atomic E-state index is 0.0373. The number of fused-ring (bicyclic) bond motifs is 1. The van der Waals surface area contributed by atoms with E-state index in [0.29, 0.717) is 27.0 Å². The maximum atomic E-state index is 11.8. The molecule has 0 radical (unpaired) electrons. The number of hydrogen-bond acceptors (Lipinski definition) is 4. The Kier molecular flexibility index (Phi) is 3.64. The van der Waals surface area contributed by atoms with Crippen LogP contribution in [0.4, 0.5) is 5.95 Å². The standard InChI is InChI=1S/C12H8BrCl2N5O/c13-11-17-8-9(18-12(16)19-10(8)21)20(11)4-5-1-2-6(14)7(15)3-5/h1-3H,4H2,(H3,16,18,19,21). The van der Waals surface area contributed by atoms with Gasteiger partial charge in [-0.05, 0) is 33.6 Å². The third kappa shape index (κ3) is 2.64. The molecule has 0 aliphatic heterocycles. The highest BCUT2D eigenvalue weighted by atomic mass is 79.9. The van der Waals surface area contributed by atoms with Gasteiger partial charge in [0.2, 0.25) is 5.95 Å².